The second kappa shape index (κ2) is 5.70. The van der Waals surface area contributed by atoms with Crippen molar-refractivity contribution in [3.8, 4) is 0 Å². The number of urea groups is 1. The minimum absolute atomic E-state index is 0.0265. The number of carboxylic acid groups (broad SMARTS) is 1. The third-order valence-electron chi connectivity index (χ3n) is 3.05. The van der Waals surface area contributed by atoms with Crippen molar-refractivity contribution in [2.45, 2.75) is 31.7 Å². The number of ether oxygens (including phenoxy) is 1. The molecule has 0 aliphatic heterocycles. The van der Waals surface area contributed by atoms with Gasteiger partial charge in [0.25, 0.3) is 0 Å². The number of carbonyl (C=O) groups is 3. The second-order valence-electron chi connectivity index (χ2n) is 4.49. The summed E-state index contributed by atoms with van der Waals surface area (Å²) in [7, 11) is 1.26. The molecule has 3 N–H and O–H groups in total. The SMILES string of the molecule is COC(=O)CCNC(=O)NC(C)(C(=O)O)C1CC1. The highest BCUT2D eigenvalue weighted by Gasteiger charge is 2.48. The van der Waals surface area contributed by atoms with E-state index in [-0.39, 0.29) is 18.9 Å². The molecule has 0 aromatic heterocycles. The molecule has 0 spiro atoms. The number of esters is 1. The van der Waals surface area contributed by atoms with Crippen molar-refractivity contribution in [1.29, 1.82) is 0 Å². The van der Waals surface area contributed by atoms with Gasteiger partial charge in [-0.1, -0.05) is 0 Å². The number of hydrogen-bond acceptors (Lipinski definition) is 4. The molecule has 0 radical (unpaired) electrons. The quantitative estimate of drug-likeness (QED) is 0.586. The third kappa shape index (κ3) is 3.61. The smallest absolute Gasteiger partial charge is 0.329 e. The number of amides is 2. The molecule has 7 nitrogen and oxygen atoms in total. The van der Waals surface area contributed by atoms with Crippen LogP contribution in [-0.2, 0) is 14.3 Å². The minimum Gasteiger partial charge on any atom is -0.480 e. The molecular weight excluding hydrogens is 240 g/mol. The fourth-order valence-corrected chi connectivity index (χ4v) is 1.65. The van der Waals surface area contributed by atoms with Crippen LogP contribution in [0.25, 0.3) is 0 Å². The summed E-state index contributed by atoms with van der Waals surface area (Å²) < 4.78 is 4.41. The number of carboxylic acids is 1. The second-order valence-corrected chi connectivity index (χ2v) is 4.49. The van der Waals surface area contributed by atoms with Gasteiger partial charge in [0.1, 0.15) is 5.54 Å². The molecule has 1 unspecified atom stereocenters. The first-order valence-corrected chi connectivity index (χ1v) is 5.76. The monoisotopic (exact) mass is 258 g/mol. The molecule has 0 aromatic carbocycles. The van der Waals surface area contributed by atoms with E-state index >= 15 is 0 Å². The Morgan fingerprint density at radius 1 is 1.39 bits per heavy atom. The predicted octanol–water partition coefficient (Wildman–Crippen LogP) is 0.102. The van der Waals surface area contributed by atoms with Crippen LogP contribution in [0.1, 0.15) is 26.2 Å². The van der Waals surface area contributed by atoms with Crippen molar-refractivity contribution in [3.63, 3.8) is 0 Å². The number of aliphatic carboxylic acids is 1. The van der Waals surface area contributed by atoms with Gasteiger partial charge in [0.05, 0.1) is 13.5 Å². The lowest BCUT2D eigenvalue weighted by molar-refractivity contribution is -0.144. The molecule has 1 aliphatic carbocycles. The largest absolute Gasteiger partial charge is 0.480 e. The van der Waals surface area contributed by atoms with Crippen LogP contribution >= 0.6 is 0 Å². The first-order chi connectivity index (χ1) is 8.40. The summed E-state index contributed by atoms with van der Waals surface area (Å²) in [4.78, 5) is 33.5. The Morgan fingerprint density at radius 2 is 2.00 bits per heavy atom. The summed E-state index contributed by atoms with van der Waals surface area (Å²) in [6.07, 6.45) is 1.65. The van der Waals surface area contributed by atoms with E-state index < -0.39 is 23.5 Å². The van der Waals surface area contributed by atoms with Gasteiger partial charge in [0.2, 0.25) is 0 Å². The van der Waals surface area contributed by atoms with Crippen molar-refractivity contribution in [2.75, 3.05) is 13.7 Å². The minimum atomic E-state index is -1.24. The molecule has 0 aromatic rings. The summed E-state index contributed by atoms with van der Waals surface area (Å²) in [5, 5.41) is 14.0. The maximum absolute atomic E-state index is 11.5. The fourth-order valence-electron chi connectivity index (χ4n) is 1.65. The van der Waals surface area contributed by atoms with Crippen LogP contribution in [0.3, 0.4) is 0 Å². The van der Waals surface area contributed by atoms with Crippen LogP contribution in [0.15, 0.2) is 0 Å². The Morgan fingerprint density at radius 3 is 2.44 bits per heavy atom. The van der Waals surface area contributed by atoms with Gasteiger partial charge in [0.15, 0.2) is 0 Å². The van der Waals surface area contributed by atoms with Crippen molar-refractivity contribution in [2.24, 2.45) is 5.92 Å². The summed E-state index contributed by atoms with van der Waals surface area (Å²) in [5.74, 6) is -1.51. The van der Waals surface area contributed by atoms with Crippen LogP contribution in [0, 0.1) is 5.92 Å². The van der Waals surface area contributed by atoms with Gasteiger partial charge < -0.3 is 20.5 Å². The third-order valence-corrected chi connectivity index (χ3v) is 3.05. The number of nitrogens with one attached hydrogen (secondary N) is 2. The van der Waals surface area contributed by atoms with Gasteiger partial charge in [-0.05, 0) is 25.7 Å². The average molecular weight is 258 g/mol. The Labute approximate surface area is 105 Å². The molecule has 102 valence electrons. The average Bonchev–Trinajstić information content (AvgIpc) is 3.12. The van der Waals surface area contributed by atoms with E-state index in [0.717, 1.165) is 12.8 Å². The highest BCUT2D eigenvalue weighted by molar-refractivity contribution is 5.86. The standard InChI is InChI=1S/C11H18N2O5/c1-11(9(15)16,7-3-4-7)13-10(17)12-6-5-8(14)18-2/h7H,3-6H2,1-2H3,(H,15,16)(H2,12,13,17). The van der Waals surface area contributed by atoms with Crippen LogP contribution in [0.5, 0.6) is 0 Å². The lowest BCUT2D eigenvalue weighted by Crippen LogP contribution is -2.56. The molecule has 1 fully saturated rings. The Hall–Kier alpha value is -1.79. The van der Waals surface area contributed by atoms with Crippen LogP contribution in [0.4, 0.5) is 4.79 Å². The zero-order chi connectivity index (χ0) is 13.8. The van der Waals surface area contributed by atoms with Gasteiger partial charge in [-0.15, -0.1) is 0 Å². The van der Waals surface area contributed by atoms with Gasteiger partial charge in [0, 0.05) is 6.54 Å². The van der Waals surface area contributed by atoms with E-state index in [1.54, 1.807) is 0 Å². The Kier molecular flexibility index (Phi) is 4.52. The maximum Gasteiger partial charge on any atom is 0.329 e. The van der Waals surface area contributed by atoms with Crippen molar-refractivity contribution >= 4 is 18.0 Å². The zero-order valence-corrected chi connectivity index (χ0v) is 10.5. The fraction of sp³-hybridized carbons (Fsp3) is 0.727. The Balaban J connectivity index is 2.38. The molecule has 7 heteroatoms. The van der Waals surface area contributed by atoms with Gasteiger partial charge >= 0.3 is 18.0 Å². The molecule has 0 bridgehead atoms. The summed E-state index contributed by atoms with van der Waals surface area (Å²) in [6, 6.07) is -0.587. The first kappa shape index (κ1) is 14.3. The van der Waals surface area contributed by atoms with E-state index in [9.17, 15) is 14.4 Å². The van der Waals surface area contributed by atoms with Crippen LogP contribution in [-0.4, -0.2) is 42.3 Å². The number of carbonyl (C=O) groups excluding carboxylic acids is 2. The van der Waals surface area contributed by atoms with E-state index in [0.29, 0.717) is 0 Å². The van der Waals surface area contributed by atoms with E-state index in [1.807, 2.05) is 0 Å². The van der Waals surface area contributed by atoms with Crippen LogP contribution in [0.2, 0.25) is 0 Å². The van der Waals surface area contributed by atoms with E-state index in [2.05, 4.69) is 15.4 Å². The number of methoxy groups -OCH3 is 1. The van der Waals surface area contributed by atoms with Gasteiger partial charge in [-0.3, -0.25) is 4.79 Å². The van der Waals surface area contributed by atoms with Crippen molar-refractivity contribution in [1.82, 2.24) is 10.6 Å². The molecule has 1 aliphatic rings. The van der Waals surface area contributed by atoms with Gasteiger partial charge in [-0.25, -0.2) is 9.59 Å². The molecule has 1 atom stereocenters. The topological polar surface area (TPSA) is 105 Å². The lowest BCUT2D eigenvalue weighted by atomic mass is 9.96. The normalized spacial score (nSPS) is 17.4. The molecule has 1 rings (SSSR count). The van der Waals surface area contributed by atoms with Gasteiger partial charge in [-0.2, -0.15) is 0 Å². The maximum atomic E-state index is 11.5. The molecule has 18 heavy (non-hydrogen) atoms. The van der Waals surface area contributed by atoms with Crippen molar-refractivity contribution in [3.05, 3.63) is 0 Å². The Bertz CT molecular complexity index is 353. The molecule has 2 amide bonds. The predicted molar refractivity (Wildman–Crippen MR) is 61.9 cm³/mol. The van der Waals surface area contributed by atoms with Crippen LogP contribution < -0.4 is 10.6 Å². The first-order valence-electron chi connectivity index (χ1n) is 5.76. The van der Waals surface area contributed by atoms with E-state index in [4.69, 9.17) is 5.11 Å². The zero-order valence-electron chi connectivity index (χ0n) is 10.5. The molecule has 1 saturated carbocycles. The van der Waals surface area contributed by atoms with Crippen molar-refractivity contribution < 1.29 is 24.2 Å². The molecule has 0 heterocycles. The summed E-state index contributed by atoms with van der Waals surface area (Å²) in [5.41, 5.74) is -1.24. The lowest BCUT2D eigenvalue weighted by Gasteiger charge is -2.26. The highest BCUT2D eigenvalue weighted by atomic mass is 16.5. The highest BCUT2D eigenvalue weighted by Crippen LogP contribution is 2.39. The molecular formula is C11H18N2O5. The molecule has 0 saturated heterocycles. The number of hydrogen-bond donors (Lipinski definition) is 3. The summed E-state index contributed by atoms with van der Waals surface area (Å²) in [6.45, 7) is 1.60. The van der Waals surface area contributed by atoms with E-state index in [1.165, 1.54) is 14.0 Å². The number of rotatable bonds is 6. The summed E-state index contributed by atoms with van der Waals surface area (Å²) >= 11 is 0.